The maximum atomic E-state index is 8.99. The number of aryl methyl sites for hydroxylation is 1. The molecule has 0 spiro atoms. The van der Waals surface area contributed by atoms with Crippen molar-refractivity contribution in [1.29, 1.82) is 5.26 Å². The maximum absolute atomic E-state index is 8.99. The van der Waals surface area contributed by atoms with E-state index in [2.05, 4.69) is 21.2 Å². The summed E-state index contributed by atoms with van der Waals surface area (Å²) in [5, 5.41) is 17.0. The van der Waals surface area contributed by atoms with Gasteiger partial charge in [0, 0.05) is 32.2 Å². The predicted octanol–water partition coefficient (Wildman–Crippen LogP) is 1.27. The van der Waals surface area contributed by atoms with Crippen LogP contribution in [0, 0.1) is 11.3 Å². The molecule has 7 heteroatoms. The van der Waals surface area contributed by atoms with Gasteiger partial charge in [-0.1, -0.05) is 6.07 Å². The highest BCUT2D eigenvalue weighted by atomic mass is 16.5. The van der Waals surface area contributed by atoms with Crippen LogP contribution in [0.2, 0.25) is 0 Å². The Hall–Kier alpha value is -2.43. The molecule has 1 aliphatic rings. The van der Waals surface area contributed by atoms with E-state index in [-0.39, 0.29) is 6.10 Å². The molecule has 1 aromatic heterocycles. The van der Waals surface area contributed by atoms with Gasteiger partial charge in [0.05, 0.1) is 25.3 Å². The summed E-state index contributed by atoms with van der Waals surface area (Å²) < 4.78 is 13.1. The molecule has 1 aromatic carbocycles. The minimum atomic E-state index is -0.0828. The number of nitrogens with zero attached hydrogens (tertiary/aromatic N) is 5. The van der Waals surface area contributed by atoms with Gasteiger partial charge in [0.15, 0.2) is 5.82 Å². The Kier molecular flexibility index (Phi) is 4.55. The number of hydrogen-bond acceptors (Lipinski definition) is 6. The zero-order valence-electron chi connectivity index (χ0n) is 13.3. The van der Waals surface area contributed by atoms with Crippen molar-refractivity contribution in [3.05, 3.63) is 41.5 Å². The summed E-state index contributed by atoms with van der Waals surface area (Å²) in [7, 11) is 3.54. The number of benzene rings is 1. The monoisotopic (exact) mass is 313 g/mol. The molecule has 0 saturated carbocycles. The van der Waals surface area contributed by atoms with Crippen LogP contribution in [-0.4, -0.2) is 46.5 Å². The molecular formula is C16H19N5O2. The lowest BCUT2D eigenvalue weighted by atomic mass is 10.1. The molecule has 0 amide bonds. The first-order valence-electron chi connectivity index (χ1n) is 7.46. The van der Waals surface area contributed by atoms with Crippen molar-refractivity contribution in [2.45, 2.75) is 12.6 Å². The number of nitriles is 1. The van der Waals surface area contributed by atoms with Crippen molar-refractivity contribution >= 4 is 0 Å². The van der Waals surface area contributed by atoms with Crippen molar-refractivity contribution in [2.75, 3.05) is 26.8 Å². The van der Waals surface area contributed by atoms with Crippen molar-refractivity contribution in [3.8, 4) is 11.8 Å². The van der Waals surface area contributed by atoms with Crippen molar-refractivity contribution in [2.24, 2.45) is 7.05 Å². The van der Waals surface area contributed by atoms with Crippen molar-refractivity contribution < 1.29 is 9.47 Å². The van der Waals surface area contributed by atoms with E-state index in [4.69, 9.17) is 14.7 Å². The Morgan fingerprint density at radius 3 is 3.04 bits per heavy atom. The summed E-state index contributed by atoms with van der Waals surface area (Å²) >= 11 is 0. The van der Waals surface area contributed by atoms with Crippen LogP contribution in [0.25, 0.3) is 0 Å². The van der Waals surface area contributed by atoms with Gasteiger partial charge in [-0.15, -0.1) is 10.2 Å². The highest BCUT2D eigenvalue weighted by Gasteiger charge is 2.26. The molecule has 1 aliphatic heterocycles. The Bertz CT molecular complexity index is 722. The van der Waals surface area contributed by atoms with Crippen molar-refractivity contribution in [1.82, 2.24) is 19.7 Å². The smallest absolute Gasteiger partial charge is 0.163 e. The van der Waals surface area contributed by atoms with Crippen LogP contribution in [0.15, 0.2) is 24.5 Å². The van der Waals surface area contributed by atoms with Crippen molar-refractivity contribution in [3.63, 3.8) is 0 Å². The number of methoxy groups -OCH3 is 1. The van der Waals surface area contributed by atoms with E-state index in [1.54, 1.807) is 19.5 Å². The third kappa shape index (κ3) is 3.33. The van der Waals surface area contributed by atoms with Crippen LogP contribution in [0.5, 0.6) is 5.75 Å². The second-order valence-electron chi connectivity index (χ2n) is 5.53. The Labute approximate surface area is 135 Å². The molecule has 0 bridgehead atoms. The lowest BCUT2D eigenvalue weighted by molar-refractivity contribution is -0.0387. The molecule has 0 aliphatic carbocycles. The quantitative estimate of drug-likeness (QED) is 0.846. The van der Waals surface area contributed by atoms with Crippen LogP contribution in [0.3, 0.4) is 0 Å². The molecule has 1 atom stereocenters. The fraction of sp³-hybridized carbons (Fsp3) is 0.438. The molecule has 2 heterocycles. The van der Waals surface area contributed by atoms with Crippen LogP contribution in [0.1, 0.15) is 23.1 Å². The van der Waals surface area contributed by atoms with Gasteiger partial charge in [-0.05, 0) is 12.1 Å². The fourth-order valence-electron chi connectivity index (χ4n) is 2.77. The normalized spacial score (nSPS) is 18.6. The summed E-state index contributed by atoms with van der Waals surface area (Å²) in [6.07, 6.45) is 1.60. The summed E-state index contributed by atoms with van der Waals surface area (Å²) in [5.74, 6) is 1.58. The highest BCUT2D eigenvalue weighted by Crippen LogP contribution is 2.25. The molecular weight excluding hydrogens is 294 g/mol. The number of hydrogen-bond donors (Lipinski definition) is 0. The minimum absolute atomic E-state index is 0.0828. The summed E-state index contributed by atoms with van der Waals surface area (Å²) in [5.41, 5.74) is 1.66. The molecule has 1 saturated heterocycles. The fourth-order valence-corrected chi connectivity index (χ4v) is 2.77. The average Bonchev–Trinajstić information content (AvgIpc) is 3.01. The lowest BCUT2D eigenvalue weighted by Crippen LogP contribution is -2.38. The summed E-state index contributed by atoms with van der Waals surface area (Å²) in [6.45, 7) is 2.98. The molecule has 2 aromatic rings. The van der Waals surface area contributed by atoms with E-state index in [9.17, 15) is 0 Å². The van der Waals surface area contributed by atoms with Crippen LogP contribution in [-0.2, 0) is 18.3 Å². The van der Waals surface area contributed by atoms with Crippen LogP contribution < -0.4 is 4.74 Å². The SMILES string of the molecule is COc1cc(C#N)ccc1CN1CCO[C@H](c2nncn2C)C1. The van der Waals surface area contributed by atoms with Gasteiger partial charge in [0.2, 0.25) is 0 Å². The van der Waals surface area contributed by atoms with Gasteiger partial charge < -0.3 is 14.0 Å². The molecule has 1 fully saturated rings. The standard InChI is InChI=1S/C16H19N5O2/c1-20-11-18-19-16(20)15-10-21(5-6-23-15)9-13-4-3-12(8-17)7-14(13)22-2/h3-4,7,11,15H,5-6,9-10H2,1-2H3/t15-/m0/s1. The van der Waals surface area contributed by atoms with Gasteiger partial charge in [-0.3, -0.25) is 4.90 Å². The van der Waals surface area contributed by atoms with Gasteiger partial charge >= 0.3 is 0 Å². The Balaban J connectivity index is 1.73. The molecule has 7 nitrogen and oxygen atoms in total. The predicted molar refractivity (Wildman–Crippen MR) is 82.7 cm³/mol. The summed E-state index contributed by atoms with van der Waals surface area (Å²) in [4.78, 5) is 2.30. The number of rotatable bonds is 4. The van der Waals surface area contributed by atoms with Crippen LogP contribution >= 0.6 is 0 Å². The second-order valence-corrected chi connectivity index (χ2v) is 5.53. The topological polar surface area (TPSA) is 76.2 Å². The van der Waals surface area contributed by atoms with Gasteiger partial charge in [0.25, 0.3) is 0 Å². The van der Waals surface area contributed by atoms with E-state index >= 15 is 0 Å². The second kappa shape index (κ2) is 6.77. The van der Waals surface area contributed by atoms with Gasteiger partial charge in [0.1, 0.15) is 18.2 Å². The largest absolute Gasteiger partial charge is 0.496 e. The van der Waals surface area contributed by atoms with E-state index in [0.29, 0.717) is 12.2 Å². The summed E-state index contributed by atoms with van der Waals surface area (Å²) in [6, 6.07) is 7.67. The van der Waals surface area contributed by atoms with Crippen LogP contribution in [0.4, 0.5) is 0 Å². The molecule has 0 radical (unpaired) electrons. The lowest BCUT2D eigenvalue weighted by Gasteiger charge is -2.32. The number of aromatic nitrogens is 3. The molecule has 120 valence electrons. The maximum Gasteiger partial charge on any atom is 0.163 e. The molecule has 3 rings (SSSR count). The zero-order valence-corrected chi connectivity index (χ0v) is 13.3. The molecule has 23 heavy (non-hydrogen) atoms. The number of ether oxygens (including phenoxy) is 2. The zero-order chi connectivity index (χ0) is 16.2. The Morgan fingerprint density at radius 2 is 2.35 bits per heavy atom. The number of morpholine rings is 1. The first kappa shape index (κ1) is 15.5. The van der Waals surface area contributed by atoms with E-state index in [0.717, 1.165) is 36.8 Å². The average molecular weight is 313 g/mol. The third-order valence-corrected chi connectivity index (χ3v) is 4.00. The third-order valence-electron chi connectivity index (χ3n) is 4.00. The van der Waals surface area contributed by atoms with E-state index in [1.807, 2.05) is 23.7 Å². The molecule has 0 N–H and O–H groups in total. The minimum Gasteiger partial charge on any atom is -0.496 e. The van der Waals surface area contributed by atoms with Gasteiger partial charge in [-0.25, -0.2) is 0 Å². The molecule has 0 unspecified atom stereocenters. The van der Waals surface area contributed by atoms with Gasteiger partial charge in [-0.2, -0.15) is 5.26 Å². The first-order chi connectivity index (χ1) is 11.2. The Morgan fingerprint density at radius 1 is 1.48 bits per heavy atom. The van der Waals surface area contributed by atoms with E-state index < -0.39 is 0 Å². The highest BCUT2D eigenvalue weighted by molar-refractivity contribution is 5.42. The first-order valence-corrected chi connectivity index (χ1v) is 7.46. The van der Waals surface area contributed by atoms with E-state index in [1.165, 1.54) is 0 Å².